The third kappa shape index (κ3) is 4.24. The molecule has 1 fully saturated rings. The fourth-order valence-electron chi connectivity index (χ4n) is 3.26. The van der Waals surface area contributed by atoms with Crippen LogP contribution in [0.2, 0.25) is 5.02 Å². The van der Waals surface area contributed by atoms with Crippen LogP contribution in [-0.2, 0) is 4.79 Å². The van der Waals surface area contributed by atoms with E-state index in [1.807, 2.05) is 0 Å². The molecule has 0 aliphatic heterocycles. The molecule has 0 radical (unpaired) electrons. The summed E-state index contributed by atoms with van der Waals surface area (Å²) in [5.41, 5.74) is 7.59. The summed E-state index contributed by atoms with van der Waals surface area (Å²) in [6.07, 6.45) is 0.368. The average molecular weight is 444 g/mol. The molecule has 31 heavy (non-hydrogen) atoms. The number of aryl methyl sites for hydroxylation is 1. The number of nitrogens with one attached hydrogen (secondary N) is 2. The maximum Gasteiger partial charge on any atom is 0.433 e. The van der Waals surface area contributed by atoms with Gasteiger partial charge in [0.2, 0.25) is 0 Å². The number of hydrogen-bond acceptors (Lipinski definition) is 4. The van der Waals surface area contributed by atoms with Crippen LogP contribution in [0.15, 0.2) is 40.1 Å². The first kappa shape index (κ1) is 20.5. The highest BCUT2D eigenvalue weighted by molar-refractivity contribution is 6.42. The smallest absolute Gasteiger partial charge is 0.433 e. The van der Waals surface area contributed by atoms with E-state index in [1.165, 1.54) is 6.07 Å². The van der Waals surface area contributed by atoms with E-state index in [2.05, 4.69) is 15.3 Å². The number of anilines is 1. The molecule has 0 atom stereocenters. The normalized spacial score (nSPS) is 13.9. The van der Waals surface area contributed by atoms with Crippen molar-refractivity contribution >= 4 is 46.2 Å². The third-order valence-electron chi connectivity index (χ3n) is 4.76. The minimum atomic E-state index is -1.57. The number of ether oxygens (including phenoxy) is 1. The number of aromatic amines is 1. The Balaban J connectivity index is 1.59. The van der Waals surface area contributed by atoms with E-state index in [4.69, 9.17) is 27.2 Å². The van der Waals surface area contributed by atoms with Gasteiger partial charge in [0.1, 0.15) is 11.5 Å². The van der Waals surface area contributed by atoms with Gasteiger partial charge in [0.25, 0.3) is 5.91 Å². The quantitative estimate of drug-likeness (QED) is 0.358. The number of rotatable bonds is 4. The zero-order valence-corrected chi connectivity index (χ0v) is 17.1. The van der Waals surface area contributed by atoms with E-state index in [0.717, 1.165) is 23.9 Å². The molecule has 4 rings (SSSR count). The van der Waals surface area contributed by atoms with Crippen LogP contribution in [-0.4, -0.2) is 32.5 Å². The molecule has 1 heterocycles. The van der Waals surface area contributed by atoms with E-state index in [9.17, 15) is 14.4 Å². The Labute approximate surface area is 180 Å². The number of benzene rings is 2. The monoisotopic (exact) mass is 443 g/mol. The van der Waals surface area contributed by atoms with Crippen molar-refractivity contribution in [3.63, 3.8) is 0 Å². The van der Waals surface area contributed by atoms with Gasteiger partial charge < -0.3 is 25.9 Å². The molecule has 11 heteroatoms. The molecule has 0 saturated heterocycles. The molecule has 0 spiro atoms. The van der Waals surface area contributed by atoms with E-state index in [-0.39, 0.29) is 16.8 Å². The topological polar surface area (TPSA) is 152 Å². The van der Waals surface area contributed by atoms with Crippen molar-refractivity contribution in [3.05, 3.63) is 51.4 Å². The van der Waals surface area contributed by atoms with E-state index >= 15 is 0 Å². The summed E-state index contributed by atoms with van der Waals surface area (Å²) in [5.74, 6) is -0.687. The van der Waals surface area contributed by atoms with Crippen molar-refractivity contribution in [2.45, 2.75) is 25.8 Å². The molecule has 2 aromatic carbocycles. The molecule has 1 aromatic heterocycles. The molecule has 160 valence electrons. The summed E-state index contributed by atoms with van der Waals surface area (Å²) < 4.78 is 7.71. The van der Waals surface area contributed by atoms with Crippen LogP contribution in [0.4, 0.5) is 10.5 Å². The zero-order valence-electron chi connectivity index (χ0n) is 16.3. The van der Waals surface area contributed by atoms with Crippen LogP contribution in [0, 0.1) is 6.92 Å². The first-order chi connectivity index (χ1) is 14.7. The van der Waals surface area contributed by atoms with Gasteiger partial charge in [-0.3, -0.25) is 9.36 Å². The van der Waals surface area contributed by atoms with Gasteiger partial charge in [-0.15, -0.1) is 0 Å². The SMILES string of the molecule is Cc1cc(NC(=O)/C(N)=N/C(=O)O)cc(Cl)c1Oc1ccc2[nH]c(=O)n(C3CC3)c2c1. The molecule has 3 aromatic rings. The van der Waals surface area contributed by atoms with Gasteiger partial charge in [-0.2, -0.15) is 4.99 Å². The number of carboxylic acid groups (broad SMARTS) is 1. The maximum absolute atomic E-state index is 12.2. The molecule has 0 bridgehead atoms. The largest absolute Gasteiger partial charge is 0.463 e. The number of imidazole rings is 1. The summed E-state index contributed by atoms with van der Waals surface area (Å²) in [4.78, 5) is 40.4. The van der Waals surface area contributed by atoms with Gasteiger partial charge in [-0.25, -0.2) is 9.59 Å². The number of carbonyl (C=O) groups is 2. The van der Waals surface area contributed by atoms with Gasteiger partial charge >= 0.3 is 11.8 Å². The summed E-state index contributed by atoms with van der Waals surface area (Å²) in [7, 11) is 0. The molecule has 1 aliphatic carbocycles. The Morgan fingerprint density at radius 2 is 2.06 bits per heavy atom. The lowest BCUT2D eigenvalue weighted by Crippen LogP contribution is -2.31. The van der Waals surface area contributed by atoms with Crippen LogP contribution >= 0.6 is 11.6 Å². The predicted molar refractivity (Wildman–Crippen MR) is 115 cm³/mol. The summed E-state index contributed by atoms with van der Waals surface area (Å²) >= 11 is 6.35. The number of aliphatic imine (C=N–C) groups is 1. The third-order valence-corrected chi connectivity index (χ3v) is 5.04. The molecule has 2 amide bonds. The number of hydrogen-bond donors (Lipinski definition) is 4. The molecule has 10 nitrogen and oxygen atoms in total. The van der Waals surface area contributed by atoms with Gasteiger partial charge in [-0.1, -0.05) is 11.6 Å². The lowest BCUT2D eigenvalue weighted by atomic mass is 10.2. The number of amides is 2. The van der Waals surface area contributed by atoms with Crippen molar-refractivity contribution in [1.82, 2.24) is 9.55 Å². The van der Waals surface area contributed by atoms with Crippen molar-refractivity contribution in [2.75, 3.05) is 5.32 Å². The first-order valence-corrected chi connectivity index (χ1v) is 9.71. The fourth-order valence-corrected chi connectivity index (χ4v) is 3.56. The number of fused-ring (bicyclic) bond motifs is 1. The first-order valence-electron chi connectivity index (χ1n) is 9.33. The molecule has 5 N–H and O–H groups in total. The molecular weight excluding hydrogens is 426 g/mol. The lowest BCUT2D eigenvalue weighted by molar-refractivity contribution is -0.110. The van der Waals surface area contributed by atoms with Crippen LogP contribution < -0.4 is 21.5 Å². The summed E-state index contributed by atoms with van der Waals surface area (Å²) in [6.45, 7) is 1.74. The van der Waals surface area contributed by atoms with Crippen molar-refractivity contribution in [1.29, 1.82) is 0 Å². The standard InChI is InChI=1S/C20H18ClN5O5/c1-9-6-10(23-18(27)17(22)25-20(29)30)7-13(21)16(9)31-12-4-5-14-15(8-12)26(11-2-3-11)19(28)24-14/h4-8,11H,2-3H2,1H3,(H2,22,25)(H,23,27)(H,24,28)(H,29,30). The summed E-state index contributed by atoms with van der Waals surface area (Å²) in [5, 5.41) is 11.2. The zero-order chi connectivity index (χ0) is 22.3. The Hall–Kier alpha value is -3.79. The highest BCUT2D eigenvalue weighted by Gasteiger charge is 2.27. The highest BCUT2D eigenvalue weighted by atomic mass is 35.5. The molecular formula is C20H18ClN5O5. The highest BCUT2D eigenvalue weighted by Crippen LogP contribution is 2.38. The Morgan fingerprint density at radius 1 is 1.32 bits per heavy atom. The number of nitrogens with two attached hydrogens (primary N) is 1. The number of H-pyrrole nitrogens is 1. The van der Waals surface area contributed by atoms with Crippen LogP contribution in [0.1, 0.15) is 24.4 Å². The van der Waals surface area contributed by atoms with Gasteiger partial charge in [0, 0.05) is 17.8 Å². The van der Waals surface area contributed by atoms with Gasteiger partial charge in [0.05, 0.1) is 16.1 Å². The molecule has 1 saturated carbocycles. The predicted octanol–water partition coefficient (Wildman–Crippen LogP) is 3.39. The minimum Gasteiger partial charge on any atom is -0.463 e. The number of halogens is 1. The molecule has 1 aliphatic rings. The summed E-state index contributed by atoms with van der Waals surface area (Å²) in [6, 6.07) is 8.53. The number of carbonyl (C=O) groups excluding carboxylic acids is 1. The second-order valence-electron chi connectivity index (χ2n) is 7.15. The number of amidine groups is 1. The van der Waals surface area contributed by atoms with Crippen molar-refractivity contribution in [3.8, 4) is 11.5 Å². The van der Waals surface area contributed by atoms with Gasteiger partial charge in [0.15, 0.2) is 5.84 Å². The second-order valence-corrected chi connectivity index (χ2v) is 7.56. The van der Waals surface area contributed by atoms with E-state index in [1.54, 1.807) is 35.8 Å². The Kier molecular flexibility index (Phi) is 5.15. The number of aromatic nitrogens is 2. The molecule has 0 unspecified atom stereocenters. The van der Waals surface area contributed by atoms with Crippen LogP contribution in [0.5, 0.6) is 11.5 Å². The van der Waals surface area contributed by atoms with Gasteiger partial charge in [-0.05, 0) is 49.6 Å². The fraction of sp³-hybridized carbons (Fsp3) is 0.200. The minimum absolute atomic E-state index is 0.144. The maximum atomic E-state index is 12.2. The van der Waals surface area contributed by atoms with Crippen LogP contribution in [0.3, 0.4) is 0 Å². The van der Waals surface area contributed by atoms with E-state index < -0.39 is 17.8 Å². The Bertz CT molecular complexity index is 1280. The van der Waals surface area contributed by atoms with Crippen LogP contribution in [0.25, 0.3) is 11.0 Å². The Morgan fingerprint density at radius 3 is 2.71 bits per heavy atom. The lowest BCUT2D eigenvalue weighted by Gasteiger charge is -2.13. The van der Waals surface area contributed by atoms with Crippen molar-refractivity contribution < 1.29 is 19.4 Å². The average Bonchev–Trinajstić information content (AvgIpc) is 3.46. The number of nitrogens with zero attached hydrogens (tertiary/aromatic N) is 2. The van der Waals surface area contributed by atoms with E-state index in [0.29, 0.717) is 22.7 Å². The van der Waals surface area contributed by atoms with Crippen molar-refractivity contribution in [2.24, 2.45) is 10.7 Å². The second kappa shape index (κ2) is 7.80.